The summed E-state index contributed by atoms with van der Waals surface area (Å²) in [6, 6.07) is 13.8. The van der Waals surface area contributed by atoms with E-state index in [1.807, 2.05) is 0 Å². The van der Waals surface area contributed by atoms with Crippen LogP contribution in [0.25, 0.3) is 33.2 Å². The Morgan fingerprint density at radius 1 is 0.571 bits per heavy atom. The highest BCUT2D eigenvalue weighted by atomic mass is 127. The third-order valence-corrected chi connectivity index (χ3v) is 7.08. The van der Waals surface area contributed by atoms with Crippen molar-refractivity contribution in [1.29, 1.82) is 0 Å². The number of aromatic nitrogens is 2. The van der Waals surface area contributed by atoms with Gasteiger partial charge in [-0.2, -0.15) is 0 Å². The summed E-state index contributed by atoms with van der Waals surface area (Å²) in [4.78, 5) is 7.29. The topological polar surface area (TPSA) is 31.6 Å². The molecule has 4 rings (SSSR count). The first-order valence-corrected chi connectivity index (χ1v) is 11.7. The first kappa shape index (κ1) is 20.3. The lowest BCUT2D eigenvalue weighted by Gasteiger charge is -2.19. The predicted molar refractivity (Wildman–Crippen MR) is 138 cm³/mol. The molecule has 0 fully saturated rings. The predicted octanol–water partition coefficient (Wildman–Crippen LogP) is 8.12. The van der Waals surface area contributed by atoms with Gasteiger partial charge in [0.05, 0.1) is 22.4 Å². The maximum atomic E-state index is 3.64. The van der Waals surface area contributed by atoms with Gasteiger partial charge in [0.2, 0.25) is 0 Å². The van der Waals surface area contributed by atoms with E-state index in [2.05, 4.69) is 133 Å². The molecule has 0 atom stereocenters. The number of aromatic amines is 2. The van der Waals surface area contributed by atoms with E-state index >= 15 is 0 Å². The van der Waals surface area contributed by atoms with Crippen LogP contribution in [-0.2, 0) is 10.8 Å². The van der Waals surface area contributed by atoms with E-state index in [4.69, 9.17) is 0 Å². The maximum absolute atomic E-state index is 3.64. The molecule has 0 aliphatic rings. The molecule has 146 valence electrons. The van der Waals surface area contributed by atoms with Crippen LogP contribution < -0.4 is 0 Å². The van der Waals surface area contributed by atoms with Gasteiger partial charge in [0, 0.05) is 17.9 Å². The SMILES string of the molecule is CC(C)(C)c1cc(I)c2[nH]c(-c3cc4cc(C(C)(C)C)cc(I)c4[nH]3)cc2c1. The van der Waals surface area contributed by atoms with Crippen molar-refractivity contribution in [3.8, 4) is 11.4 Å². The highest BCUT2D eigenvalue weighted by Gasteiger charge is 2.19. The van der Waals surface area contributed by atoms with Gasteiger partial charge in [-0.25, -0.2) is 0 Å². The van der Waals surface area contributed by atoms with E-state index in [0.717, 1.165) is 11.4 Å². The minimum atomic E-state index is 0.145. The van der Waals surface area contributed by atoms with Gasteiger partial charge in [0.1, 0.15) is 0 Å². The largest absolute Gasteiger partial charge is 0.352 e. The Hall–Kier alpha value is -1.02. The smallest absolute Gasteiger partial charge is 0.0630 e. The Kier molecular flexibility index (Phi) is 4.89. The maximum Gasteiger partial charge on any atom is 0.0630 e. The fourth-order valence-corrected chi connectivity index (χ4v) is 5.12. The van der Waals surface area contributed by atoms with Crippen molar-refractivity contribution >= 4 is 67.0 Å². The van der Waals surface area contributed by atoms with Gasteiger partial charge in [-0.1, -0.05) is 41.5 Å². The minimum Gasteiger partial charge on any atom is -0.352 e. The van der Waals surface area contributed by atoms with Crippen LogP contribution in [0.5, 0.6) is 0 Å². The van der Waals surface area contributed by atoms with Crippen molar-refractivity contribution in [2.75, 3.05) is 0 Å². The number of benzene rings is 2. The van der Waals surface area contributed by atoms with Crippen LogP contribution in [0, 0.1) is 7.14 Å². The van der Waals surface area contributed by atoms with Gasteiger partial charge >= 0.3 is 0 Å². The average molecular weight is 596 g/mol. The Labute approximate surface area is 194 Å². The van der Waals surface area contributed by atoms with Crippen molar-refractivity contribution in [3.05, 3.63) is 54.7 Å². The third kappa shape index (κ3) is 3.62. The van der Waals surface area contributed by atoms with Crippen LogP contribution in [0.2, 0.25) is 0 Å². The molecular weight excluding hydrogens is 570 g/mol. The van der Waals surface area contributed by atoms with Crippen LogP contribution >= 0.6 is 45.2 Å². The summed E-state index contributed by atoms with van der Waals surface area (Å²) in [7, 11) is 0. The lowest BCUT2D eigenvalue weighted by Crippen LogP contribution is -2.11. The lowest BCUT2D eigenvalue weighted by atomic mass is 9.86. The summed E-state index contributed by atoms with van der Waals surface area (Å²) in [5.41, 5.74) is 7.75. The van der Waals surface area contributed by atoms with E-state index in [1.165, 1.54) is 40.1 Å². The first-order chi connectivity index (χ1) is 12.9. The standard InChI is InChI=1S/C24H26I2N2/c1-23(2,3)15-7-13-9-19(27-21(13)17(25)11-15)20-10-14-8-16(24(4,5)6)12-18(26)22(14)28-20/h7-12,27-28H,1-6H3. The quantitative estimate of drug-likeness (QED) is 0.208. The first-order valence-electron chi connectivity index (χ1n) is 9.59. The fraction of sp³-hybridized carbons (Fsp3) is 0.333. The molecule has 28 heavy (non-hydrogen) atoms. The average Bonchev–Trinajstić information content (AvgIpc) is 3.16. The number of fused-ring (bicyclic) bond motifs is 2. The molecule has 4 aromatic rings. The van der Waals surface area contributed by atoms with Crippen LogP contribution in [0.4, 0.5) is 0 Å². The second-order valence-electron chi connectivity index (χ2n) is 9.71. The van der Waals surface area contributed by atoms with Gasteiger partial charge in [0.15, 0.2) is 0 Å². The highest BCUT2D eigenvalue weighted by molar-refractivity contribution is 14.1. The van der Waals surface area contributed by atoms with Crippen molar-refractivity contribution in [2.24, 2.45) is 0 Å². The van der Waals surface area contributed by atoms with Crippen molar-refractivity contribution in [1.82, 2.24) is 9.97 Å². The molecule has 2 heterocycles. The van der Waals surface area contributed by atoms with Gasteiger partial charge in [-0.3, -0.25) is 0 Å². The second-order valence-corrected chi connectivity index (χ2v) is 12.0. The van der Waals surface area contributed by atoms with Crippen molar-refractivity contribution < 1.29 is 0 Å². The zero-order valence-corrected chi connectivity index (χ0v) is 21.5. The summed E-state index contributed by atoms with van der Waals surface area (Å²) in [5.74, 6) is 0. The van der Waals surface area contributed by atoms with Gasteiger partial charge in [-0.15, -0.1) is 0 Å². The van der Waals surface area contributed by atoms with Crippen molar-refractivity contribution in [2.45, 2.75) is 52.4 Å². The number of hydrogen-bond acceptors (Lipinski definition) is 0. The van der Waals surface area contributed by atoms with Crippen LogP contribution in [0.3, 0.4) is 0 Å². The lowest BCUT2D eigenvalue weighted by molar-refractivity contribution is 0.590. The van der Waals surface area contributed by atoms with E-state index < -0.39 is 0 Å². The number of H-pyrrole nitrogens is 2. The Balaban J connectivity index is 1.87. The fourth-order valence-electron chi connectivity index (χ4n) is 3.56. The molecule has 0 unspecified atom stereocenters. The van der Waals surface area contributed by atoms with Crippen LogP contribution in [0.1, 0.15) is 52.7 Å². The van der Waals surface area contributed by atoms with Crippen LogP contribution in [0.15, 0.2) is 36.4 Å². The minimum absolute atomic E-state index is 0.145. The molecule has 0 radical (unpaired) electrons. The molecule has 0 spiro atoms. The van der Waals surface area contributed by atoms with E-state index in [0.29, 0.717) is 0 Å². The Morgan fingerprint density at radius 2 is 0.929 bits per heavy atom. The molecule has 0 aliphatic heterocycles. The molecule has 2 aromatic heterocycles. The second kappa shape index (κ2) is 6.76. The van der Waals surface area contributed by atoms with Gasteiger partial charge in [-0.05, 0) is 104 Å². The summed E-state index contributed by atoms with van der Waals surface area (Å²) < 4.78 is 2.54. The summed E-state index contributed by atoms with van der Waals surface area (Å²) >= 11 is 4.89. The van der Waals surface area contributed by atoms with Gasteiger partial charge < -0.3 is 9.97 Å². The van der Waals surface area contributed by atoms with E-state index in [9.17, 15) is 0 Å². The zero-order chi connectivity index (χ0) is 20.4. The molecule has 0 saturated heterocycles. The molecule has 2 N–H and O–H groups in total. The number of hydrogen-bond donors (Lipinski definition) is 2. The molecule has 4 heteroatoms. The molecule has 0 amide bonds. The molecule has 0 saturated carbocycles. The summed E-state index contributed by atoms with van der Waals surface area (Å²) in [6.07, 6.45) is 0. The molecule has 2 aromatic carbocycles. The Bertz CT molecular complexity index is 1100. The van der Waals surface area contributed by atoms with Crippen molar-refractivity contribution in [3.63, 3.8) is 0 Å². The van der Waals surface area contributed by atoms with Gasteiger partial charge in [0.25, 0.3) is 0 Å². The van der Waals surface area contributed by atoms with E-state index in [-0.39, 0.29) is 10.8 Å². The molecule has 2 nitrogen and oxygen atoms in total. The molecule has 0 bridgehead atoms. The summed E-state index contributed by atoms with van der Waals surface area (Å²) in [5, 5.41) is 2.55. The number of halogens is 2. The zero-order valence-electron chi connectivity index (χ0n) is 17.2. The monoisotopic (exact) mass is 596 g/mol. The normalized spacial score (nSPS) is 13.0. The van der Waals surface area contributed by atoms with Crippen LogP contribution in [-0.4, -0.2) is 9.97 Å². The summed E-state index contributed by atoms with van der Waals surface area (Å²) in [6.45, 7) is 13.6. The number of rotatable bonds is 1. The molecule has 0 aliphatic carbocycles. The highest BCUT2D eigenvalue weighted by Crippen LogP contribution is 2.35. The third-order valence-electron chi connectivity index (χ3n) is 5.38. The Morgan fingerprint density at radius 3 is 1.25 bits per heavy atom. The molecular formula is C24H26I2N2. The number of nitrogens with one attached hydrogen (secondary N) is 2. The van der Waals surface area contributed by atoms with E-state index in [1.54, 1.807) is 0 Å².